The van der Waals surface area contributed by atoms with Gasteiger partial charge in [0, 0.05) is 0 Å². The summed E-state index contributed by atoms with van der Waals surface area (Å²) >= 11 is 0. The van der Waals surface area contributed by atoms with Crippen LogP contribution in [-0.2, 0) is 0 Å². The van der Waals surface area contributed by atoms with E-state index in [0.717, 1.165) is 24.2 Å². The Balaban J connectivity index is 2.19. The van der Waals surface area contributed by atoms with Crippen molar-refractivity contribution in [2.45, 2.75) is 32.3 Å². The third-order valence-electron chi connectivity index (χ3n) is 3.12. The van der Waals surface area contributed by atoms with E-state index in [9.17, 15) is 4.79 Å². The van der Waals surface area contributed by atoms with E-state index in [4.69, 9.17) is 4.74 Å². The van der Waals surface area contributed by atoms with Gasteiger partial charge in [-0.05, 0) is 45.4 Å². The number of aryl methyl sites for hydroxylation is 1. The number of hydrogen-bond acceptors (Lipinski definition) is 3. The minimum atomic E-state index is 0.0884. The molecule has 2 rings (SSSR count). The summed E-state index contributed by atoms with van der Waals surface area (Å²) < 4.78 is 5.86. The zero-order valence-corrected chi connectivity index (χ0v) is 10.5. The average molecular weight is 233 g/mol. The third-order valence-corrected chi connectivity index (χ3v) is 3.12. The molecule has 0 bridgehead atoms. The molecule has 0 atom stereocenters. The molecule has 0 spiro atoms. The van der Waals surface area contributed by atoms with Crippen molar-refractivity contribution in [2.75, 3.05) is 13.6 Å². The SMILES string of the molecule is CNCC(=O)c1cc(C)ccc1OC1CCC1. The average Bonchev–Trinajstić information content (AvgIpc) is 2.25. The number of benzene rings is 1. The van der Waals surface area contributed by atoms with Crippen LogP contribution in [0.5, 0.6) is 5.75 Å². The first-order valence-electron chi connectivity index (χ1n) is 6.16. The molecule has 0 heterocycles. The number of ketones is 1. The zero-order valence-electron chi connectivity index (χ0n) is 10.5. The highest BCUT2D eigenvalue weighted by atomic mass is 16.5. The second-order valence-corrected chi connectivity index (χ2v) is 4.62. The van der Waals surface area contributed by atoms with Gasteiger partial charge in [0.25, 0.3) is 0 Å². The summed E-state index contributed by atoms with van der Waals surface area (Å²) in [5, 5.41) is 2.89. The smallest absolute Gasteiger partial charge is 0.180 e. The van der Waals surface area contributed by atoms with Gasteiger partial charge in [0.1, 0.15) is 5.75 Å². The predicted molar refractivity (Wildman–Crippen MR) is 67.7 cm³/mol. The Bertz CT molecular complexity index is 411. The maximum absolute atomic E-state index is 12.0. The fraction of sp³-hybridized carbons (Fsp3) is 0.500. The van der Waals surface area contributed by atoms with Crippen LogP contribution in [-0.4, -0.2) is 25.5 Å². The van der Waals surface area contributed by atoms with Crippen molar-refractivity contribution < 1.29 is 9.53 Å². The molecule has 1 fully saturated rings. The van der Waals surface area contributed by atoms with Crippen molar-refractivity contribution in [1.82, 2.24) is 5.32 Å². The second-order valence-electron chi connectivity index (χ2n) is 4.62. The largest absolute Gasteiger partial charge is 0.490 e. The van der Waals surface area contributed by atoms with Crippen molar-refractivity contribution in [3.8, 4) is 5.75 Å². The quantitative estimate of drug-likeness (QED) is 0.793. The lowest BCUT2D eigenvalue weighted by Gasteiger charge is -2.27. The molecule has 1 saturated carbocycles. The Kier molecular flexibility index (Phi) is 3.79. The summed E-state index contributed by atoms with van der Waals surface area (Å²) in [5.41, 5.74) is 1.79. The Morgan fingerprint density at radius 3 is 2.82 bits per heavy atom. The fourth-order valence-electron chi connectivity index (χ4n) is 1.89. The first-order chi connectivity index (χ1) is 8.20. The van der Waals surface area contributed by atoms with Gasteiger partial charge in [-0.1, -0.05) is 11.6 Å². The first-order valence-corrected chi connectivity index (χ1v) is 6.16. The summed E-state index contributed by atoms with van der Waals surface area (Å²) in [6, 6.07) is 5.81. The third kappa shape index (κ3) is 2.86. The van der Waals surface area contributed by atoms with Crippen molar-refractivity contribution in [3.05, 3.63) is 29.3 Å². The first kappa shape index (κ1) is 12.1. The number of rotatable bonds is 5. The fourth-order valence-corrected chi connectivity index (χ4v) is 1.89. The standard InChI is InChI=1S/C14H19NO2/c1-10-6-7-14(17-11-4-3-5-11)12(8-10)13(16)9-15-2/h6-8,11,15H,3-5,9H2,1-2H3. The molecule has 1 aliphatic rings. The van der Waals surface area contributed by atoms with Gasteiger partial charge in [-0.25, -0.2) is 0 Å². The monoisotopic (exact) mass is 233 g/mol. The molecule has 1 aromatic carbocycles. The molecule has 0 unspecified atom stereocenters. The Morgan fingerprint density at radius 1 is 1.47 bits per heavy atom. The molecule has 0 radical (unpaired) electrons. The maximum atomic E-state index is 12.0. The number of ether oxygens (including phenoxy) is 1. The van der Waals surface area contributed by atoms with E-state index in [0.29, 0.717) is 18.2 Å². The van der Waals surface area contributed by atoms with E-state index < -0.39 is 0 Å². The molecule has 0 amide bonds. The van der Waals surface area contributed by atoms with E-state index >= 15 is 0 Å². The normalized spacial score (nSPS) is 15.4. The molecule has 1 aliphatic carbocycles. The molecular weight excluding hydrogens is 214 g/mol. The van der Waals surface area contributed by atoms with Gasteiger partial charge in [-0.15, -0.1) is 0 Å². The van der Waals surface area contributed by atoms with Gasteiger partial charge in [-0.2, -0.15) is 0 Å². The van der Waals surface area contributed by atoms with Crippen LogP contribution in [0.2, 0.25) is 0 Å². The number of nitrogens with one attached hydrogen (secondary N) is 1. The highest BCUT2D eigenvalue weighted by Gasteiger charge is 2.21. The predicted octanol–water partition coefficient (Wildman–Crippen LogP) is 2.33. The lowest BCUT2D eigenvalue weighted by molar-refractivity contribution is 0.0965. The molecule has 1 N–H and O–H groups in total. The molecular formula is C14H19NO2. The van der Waals surface area contributed by atoms with Crippen LogP contribution in [0.1, 0.15) is 35.2 Å². The summed E-state index contributed by atoms with van der Waals surface area (Å²) in [6.07, 6.45) is 3.75. The molecule has 0 saturated heterocycles. The molecule has 1 aromatic rings. The molecule has 17 heavy (non-hydrogen) atoms. The minimum Gasteiger partial charge on any atom is -0.490 e. The zero-order chi connectivity index (χ0) is 12.3. The van der Waals surface area contributed by atoms with E-state index in [1.807, 2.05) is 25.1 Å². The maximum Gasteiger partial charge on any atom is 0.180 e. The minimum absolute atomic E-state index is 0.0884. The summed E-state index contributed by atoms with van der Waals surface area (Å²) in [7, 11) is 1.78. The van der Waals surface area contributed by atoms with Gasteiger partial charge in [0.05, 0.1) is 18.2 Å². The summed E-state index contributed by atoms with van der Waals surface area (Å²) in [6.45, 7) is 2.34. The number of carbonyl (C=O) groups is 1. The van der Waals surface area contributed by atoms with Crippen molar-refractivity contribution in [1.29, 1.82) is 0 Å². The van der Waals surface area contributed by atoms with Gasteiger partial charge in [-0.3, -0.25) is 4.79 Å². The van der Waals surface area contributed by atoms with E-state index in [2.05, 4.69) is 5.32 Å². The van der Waals surface area contributed by atoms with Crippen molar-refractivity contribution in [2.24, 2.45) is 0 Å². The highest BCUT2D eigenvalue weighted by Crippen LogP contribution is 2.28. The lowest BCUT2D eigenvalue weighted by atomic mass is 9.96. The Hall–Kier alpha value is -1.35. The van der Waals surface area contributed by atoms with Gasteiger partial charge in [0.15, 0.2) is 5.78 Å². The van der Waals surface area contributed by atoms with Gasteiger partial charge < -0.3 is 10.1 Å². The van der Waals surface area contributed by atoms with Crippen LogP contribution in [0, 0.1) is 6.92 Å². The summed E-state index contributed by atoms with van der Waals surface area (Å²) in [4.78, 5) is 12.0. The second kappa shape index (κ2) is 5.32. The van der Waals surface area contributed by atoms with Gasteiger partial charge in [0.2, 0.25) is 0 Å². The van der Waals surface area contributed by atoms with Gasteiger partial charge >= 0.3 is 0 Å². The Labute approximate surface area is 102 Å². The summed E-state index contributed by atoms with van der Waals surface area (Å²) in [5.74, 6) is 0.825. The van der Waals surface area contributed by atoms with Crippen LogP contribution in [0.4, 0.5) is 0 Å². The number of Topliss-reactive ketones (excluding diaryl/α,β-unsaturated/α-hetero) is 1. The van der Waals surface area contributed by atoms with Crippen LogP contribution in [0.15, 0.2) is 18.2 Å². The van der Waals surface area contributed by atoms with E-state index in [1.54, 1.807) is 7.05 Å². The molecule has 0 aromatic heterocycles. The molecule has 3 nitrogen and oxygen atoms in total. The van der Waals surface area contributed by atoms with Crippen molar-refractivity contribution in [3.63, 3.8) is 0 Å². The molecule has 0 aliphatic heterocycles. The number of hydrogen-bond donors (Lipinski definition) is 1. The molecule has 3 heteroatoms. The number of carbonyl (C=O) groups excluding carboxylic acids is 1. The molecule has 92 valence electrons. The van der Waals surface area contributed by atoms with Crippen molar-refractivity contribution >= 4 is 5.78 Å². The van der Waals surface area contributed by atoms with Crippen LogP contribution in [0.25, 0.3) is 0 Å². The van der Waals surface area contributed by atoms with E-state index in [1.165, 1.54) is 6.42 Å². The van der Waals surface area contributed by atoms with E-state index in [-0.39, 0.29) is 5.78 Å². The highest BCUT2D eigenvalue weighted by molar-refractivity contribution is 6.00. The Morgan fingerprint density at radius 2 is 2.24 bits per heavy atom. The lowest BCUT2D eigenvalue weighted by Crippen LogP contribution is -2.26. The topological polar surface area (TPSA) is 38.3 Å². The number of likely N-dealkylation sites (N-methyl/N-ethyl adjacent to an activating group) is 1. The van der Waals surface area contributed by atoms with Crippen LogP contribution >= 0.6 is 0 Å². The van der Waals surface area contributed by atoms with Crippen LogP contribution in [0.3, 0.4) is 0 Å². The van der Waals surface area contributed by atoms with Crippen LogP contribution < -0.4 is 10.1 Å².